The molecule has 3 heteroatoms. The standard InChI is InChI=1S/C11H12O3/c1-4-9(12)8-6-5-7-10(13-2)11(8)14-3/h1,5-7,9,12H,2-3H3. The van der Waals surface area contributed by atoms with E-state index in [2.05, 4.69) is 5.92 Å². The van der Waals surface area contributed by atoms with E-state index in [1.54, 1.807) is 18.2 Å². The molecule has 74 valence electrons. The van der Waals surface area contributed by atoms with Gasteiger partial charge in [0.05, 0.1) is 14.2 Å². The average molecular weight is 192 g/mol. The SMILES string of the molecule is C#CC(O)c1cccc(OC)c1OC. The monoisotopic (exact) mass is 192 g/mol. The van der Waals surface area contributed by atoms with Crippen molar-refractivity contribution in [2.45, 2.75) is 6.10 Å². The Hall–Kier alpha value is -1.66. The number of hydrogen-bond acceptors (Lipinski definition) is 3. The smallest absolute Gasteiger partial charge is 0.167 e. The Kier molecular flexibility index (Phi) is 3.38. The molecule has 0 bridgehead atoms. The Morgan fingerprint density at radius 2 is 2.07 bits per heavy atom. The number of ether oxygens (including phenoxy) is 2. The zero-order valence-corrected chi connectivity index (χ0v) is 8.15. The van der Waals surface area contributed by atoms with Gasteiger partial charge in [0.2, 0.25) is 0 Å². The van der Waals surface area contributed by atoms with Crippen molar-refractivity contribution in [1.29, 1.82) is 0 Å². The van der Waals surface area contributed by atoms with E-state index in [0.29, 0.717) is 17.1 Å². The predicted octanol–water partition coefficient (Wildman–Crippen LogP) is 1.37. The van der Waals surface area contributed by atoms with Crippen LogP contribution in [-0.4, -0.2) is 19.3 Å². The third-order valence-corrected chi connectivity index (χ3v) is 1.89. The number of aliphatic hydroxyl groups is 1. The second-order valence-electron chi connectivity index (χ2n) is 2.65. The zero-order chi connectivity index (χ0) is 10.6. The minimum Gasteiger partial charge on any atom is -0.493 e. The molecule has 0 saturated carbocycles. The largest absolute Gasteiger partial charge is 0.493 e. The quantitative estimate of drug-likeness (QED) is 0.735. The molecule has 3 nitrogen and oxygen atoms in total. The summed E-state index contributed by atoms with van der Waals surface area (Å²) in [6, 6.07) is 5.19. The fraction of sp³-hybridized carbons (Fsp3) is 0.273. The molecular weight excluding hydrogens is 180 g/mol. The summed E-state index contributed by atoms with van der Waals surface area (Å²) in [5.74, 6) is 3.25. The van der Waals surface area contributed by atoms with E-state index in [1.807, 2.05) is 0 Å². The van der Waals surface area contributed by atoms with E-state index >= 15 is 0 Å². The summed E-state index contributed by atoms with van der Waals surface area (Å²) in [6.45, 7) is 0. The number of aliphatic hydroxyl groups excluding tert-OH is 1. The number of methoxy groups -OCH3 is 2. The van der Waals surface area contributed by atoms with Crippen molar-refractivity contribution in [2.75, 3.05) is 14.2 Å². The highest BCUT2D eigenvalue weighted by atomic mass is 16.5. The molecule has 0 aliphatic heterocycles. The molecule has 0 amide bonds. The summed E-state index contributed by atoms with van der Waals surface area (Å²) in [7, 11) is 3.04. The summed E-state index contributed by atoms with van der Waals surface area (Å²) >= 11 is 0. The van der Waals surface area contributed by atoms with Gasteiger partial charge in [-0.15, -0.1) is 6.42 Å². The van der Waals surface area contributed by atoms with Gasteiger partial charge in [-0.25, -0.2) is 0 Å². The van der Waals surface area contributed by atoms with Crippen LogP contribution in [0.25, 0.3) is 0 Å². The van der Waals surface area contributed by atoms with Crippen molar-refractivity contribution in [2.24, 2.45) is 0 Å². The van der Waals surface area contributed by atoms with Gasteiger partial charge < -0.3 is 14.6 Å². The van der Waals surface area contributed by atoms with E-state index in [1.165, 1.54) is 14.2 Å². The van der Waals surface area contributed by atoms with Crippen LogP contribution in [0.4, 0.5) is 0 Å². The maximum Gasteiger partial charge on any atom is 0.167 e. The van der Waals surface area contributed by atoms with Gasteiger partial charge in [0.25, 0.3) is 0 Å². The lowest BCUT2D eigenvalue weighted by Crippen LogP contribution is -2.00. The van der Waals surface area contributed by atoms with Crippen molar-refractivity contribution in [3.8, 4) is 23.8 Å². The van der Waals surface area contributed by atoms with Gasteiger partial charge >= 0.3 is 0 Å². The van der Waals surface area contributed by atoms with Crippen LogP contribution in [0.15, 0.2) is 18.2 Å². The van der Waals surface area contributed by atoms with E-state index < -0.39 is 6.10 Å². The minimum atomic E-state index is -0.972. The molecule has 1 aromatic carbocycles. The molecule has 0 fully saturated rings. The van der Waals surface area contributed by atoms with Crippen LogP contribution in [0.2, 0.25) is 0 Å². The second-order valence-corrected chi connectivity index (χ2v) is 2.65. The molecule has 0 aliphatic carbocycles. The average Bonchev–Trinajstić information content (AvgIpc) is 2.26. The fourth-order valence-electron chi connectivity index (χ4n) is 1.22. The molecule has 0 heterocycles. The summed E-state index contributed by atoms with van der Waals surface area (Å²) in [6.07, 6.45) is 4.15. The highest BCUT2D eigenvalue weighted by Gasteiger charge is 2.14. The van der Waals surface area contributed by atoms with Crippen LogP contribution in [0.5, 0.6) is 11.5 Å². The Labute approximate surface area is 83.3 Å². The highest BCUT2D eigenvalue weighted by Crippen LogP contribution is 2.34. The first-order valence-electron chi connectivity index (χ1n) is 4.09. The molecule has 1 atom stereocenters. The van der Waals surface area contributed by atoms with Crippen LogP contribution >= 0.6 is 0 Å². The molecule has 0 saturated heterocycles. The van der Waals surface area contributed by atoms with Gasteiger partial charge in [0.15, 0.2) is 11.5 Å². The normalized spacial score (nSPS) is 11.6. The van der Waals surface area contributed by atoms with E-state index in [0.717, 1.165) is 0 Å². The molecule has 0 radical (unpaired) electrons. The maximum atomic E-state index is 9.49. The van der Waals surface area contributed by atoms with Crippen molar-refractivity contribution in [1.82, 2.24) is 0 Å². The van der Waals surface area contributed by atoms with Crippen LogP contribution < -0.4 is 9.47 Å². The number of para-hydroxylation sites is 1. The van der Waals surface area contributed by atoms with Crippen molar-refractivity contribution >= 4 is 0 Å². The third kappa shape index (κ3) is 1.81. The molecular formula is C11H12O3. The Balaban J connectivity index is 3.23. The van der Waals surface area contributed by atoms with Crippen LogP contribution in [0.1, 0.15) is 11.7 Å². The van der Waals surface area contributed by atoms with E-state index in [-0.39, 0.29) is 0 Å². The molecule has 14 heavy (non-hydrogen) atoms. The lowest BCUT2D eigenvalue weighted by Gasteiger charge is -2.13. The Bertz CT molecular complexity index is 352. The predicted molar refractivity (Wildman–Crippen MR) is 53.3 cm³/mol. The topological polar surface area (TPSA) is 38.7 Å². The van der Waals surface area contributed by atoms with Crippen molar-refractivity contribution in [3.63, 3.8) is 0 Å². The number of benzene rings is 1. The molecule has 0 aliphatic rings. The van der Waals surface area contributed by atoms with E-state index in [4.69, 9.17) is 15.9 Å². The Morgan fingerprint density at radius 3 is 2.57 bits per heavy atom. The van der Waals surface area contributed by atoms with Gasteiger partial charge in [0.1, 0.15) is 6.10 Å². The lowest BCUT2D eigenvalue weighted by molar-refractivity contribution is 0.230. The Morgan fingerprint density at radius 1 is 1.36 bits per heavy atom. The van der Waals surface area contributed by atoms with Crippen LogP contribution in [0.3, 0.4) is 0 Å². The number of terminal acetylenes is 1. The molecule has 1 aromatic rings. The fourth-order valence-corrected chi connectivity index (χ4v) is 1.22. The van der Waals surface area contributed by atoms with Crippen LogP contribution in [0, 0.1) is 12.3 Å². The number of hydrogen-bond donors (Lipinski definition) is 1. The van der Waals surface area contributed by atoms with Gasteiger partial charge in [-0.2, -0.15) is 0 Å². The first-order chi connectivity index (χ1) is 6.74. The van der Waals surface area contributed by atoms with Gasteiger partial charge in [-0.1, -0.05) is 18.1 Å². The van der Waals surface area contributed by atoms with Gasteiger partial charge in [-0.3, -0.25) is 0 Å². The van der Waals surface area contributed by atoms with E-state index in [9.17, 15) is 5.11 Å². The summed E-state index contributed by atoms with van der Waals surface area (Å²) in [4.78, 5) is 0. The van der Waals surface area contributed by atoms with Gasteiger partial charge in [0, 0.05) is 5.56 Å². The number of rotatable bonds is 3. The van der Waals surface area contributed by atoms with Crippen molar-refractivity contribution in [3.05, 3.63) is 23.8 Å². The third-order valence-electron chi connectivity index (χ3n) is 1.89. The maximum absolute atomic E-state index is 9.49. The molecule has 1 rings (SSSR count). The lowest BCUT2D eigenvalue weighted by atomic mass is 10.1. The zero-order valence-electron chi connectivity index (χ0n) is 8.15. The molecule has 0 spiro atoms. The minimum absolute atomic E-state index is 0.473. The van der Waals surface area contributed by atoms with Crippen molar-refractivity contribution < 1.29 is 14.6 Å². The summed E-state index contributed by atoms with van der Waals surface area (Å²) < 4.78 is 10.2. The highest BCUT2D eigenvalue weighted by molar-refractivity contribution is 5.49. The first-order valence-corrected chi connectivity index (χ1v) is 4.09. The van der Waals surface area contributed by atoms with Gasteiger partial charge in [-0.05, 0) is 6.07 Å². The first kappa shape index (κ1) is 10.4. The molecule has 1 unspecified atom stereocenters. The second kappa shape index (κ2) is 4.54. The molecule has 0 aromatic heterocycles. The molecule has 1 N–H and O–H groups in total. The van der Waals surface area contributed by atoms with Crippen LogP contribution in [-0.2, 0) is 0 Å². The summed E-state index contributed by atoms with van der Waals surface area (Å²) in [5.41, 5.74) is 0.536. The summed E-state index contributed by atoms with van der Waals surface area (Å²) in [5, 5.41) is 9.49.